The molecule has 1 heterocycles. The van der Waals surface area contributed by atoms with E-state index in [-0.39, 0.29) is 5.91 Å². The van der Waals surface area contributed by atoms with Gasteiger partial charge in [-0.25, -0.2) is 4.98 Å². The first-order chi connectivity index (χ1) is 14.7. The number of carbonyl (C=O) groups excluding carboxylic acids is 1. The number of aryl methyl sites for hydroxylation is 1. The molecular weight excluding hydrogens is 374 g/mol. The Morgan fingerprint density at radius 2 is 1.70 bits per heavy atom. The quantitative estimate of drug-likeness (QED) is 0.445. The van der Waals surface area contributed by atoms with E-state index in [4.69, 9.17) is 9.72 Å². The first-order valence-electron chi connectivity index (χ1n) is 10.1. The van der Waals surface area contributed by atoms with Gasteiger partial charge in [-0.05, 0) is 48.4 Å². The Balaban J connectivity index is 1.41. The lowest BCUT2D eigenvalue weighted by Gasteiger charge is -2.10. The van der Waals surface area contributed by atoms with Crippen molar-refractivity contribution in [2.45, 2.75) is 19.4 Å². The SMILES string of the molecule is COc1ccc(C(=O)NCCCc2nc3ccccc3n2Cc2ccccc2)cc1. The van der Waals surface area contributed by atoms with Crippen LogP contribution in [0.4, 0.5) is 0 Å². The molecule has 5 heteroatoms. The fourth-order valence-corrected chi connectivity index (χ4v) is 3.55. The standard InChI is InChI=1S/C25H25N3O2/c1-30-21-15-13-20(14-16-21)25(29)26-17-7-12-24-27-22-10-5-6-11-23(22)28(24)18-19-8-3-2-4-9-19/h2-6,8-11,13-16H,7,12,17-18H2,1H3,(H,26,29). The van der Waals surface area contributed by atoms with Gasteiger partial charge in [-0.2, -0.15) is 0 Å². The number of nitrogens with one attached hydrogen (secondary N) is 1. The van der Waals surface area contributed by atoms with Crippen molar-refractivity contribution >= 4 is 16.9 Å². The molecule has 0 radical (unpaired) electrons. The number of fused-ring (bicyclic) bond motifs is 1. The van der Waals surface area contributed by atoms with Crippen molar-refractivity contribution in [3.05, 3.63) is 95.8 Å². The van der Waals surface area contributed by atoms with Crippen molar-refractivity contribution in [1.29, 1.82) is 0 Å². The second-order valence-corrected chi connectivity index (χ2v) is 7.18. The van der Waals surface area contributed by atoms with Gasteiger partial charge in [-0.15, -0.1) is 0 Å². The molecule has 0 fully saturated rings. The fraction of sp³-hybridized carbons (Fsp3) is 0.200. The molecule has 1 aromatic heterocycles. The van der Waals surface area contributed by atoms with Gasteiger partial charge in [0.05, 0.1) is 18.1 Å². The Kier molecular flexibility index (Phi) is 6.09. The molecule has 0 saturated carbocycles. The zero-order valence-electron chi connectivity index (χ0n) is 17.0. The maximum atomic E-state index is 12.3. The topological polar surface area (TPSA) is 56.1 Å². The summed E-state index contributed by atoms with van der Waals surface area (Å²) in [4.78, 5) is 17.2. The third-order valence-corrected chi connectivity index (χ3v) is 5.13. The van der Waals surface area contributed by atoms with Gasteiger partial charge < -0.3 is 14.6 Å². The molecule has 4 rings (SSSR count). The van der Waals surface area contributed by atoms with E-state index in [2.05, 4.69) is 40.2 Å². The lowest BCUT2D eigenvalue weighted by molar-refractivity contribution is 0.0953. The van der Waals surface area contributed by atoms with Crippen LogP contribution in [0.5, 0.6) is 5.75 Å². The monoisotopic (exact) mass is 399 g/mol. The number of benzene rings is 3. The highest BCUT2D eigenvalue weighted by molar-refractivity contribution is 5.94. The lowest BCUT2D eigenvalue weighted by atomic mass is 10.2. The van der Waals surface area contributed by atoms with Gasteiger partial charge in [0.25, 0.3) is 5.91 Å². The molecule has 0 unspecified atom stereocenters. The Hall–Kier alpha value is -3.60. The number of ether oxygens (including phenoxy) is 1. The fourth-order valence-electron chi connectivity index (χ4n) is 3.55. The maximum absolute atomic E-state index is 12.3. The summed E-state index contributed by atoms with van der Waals surface area (Å²) in [5.41, 5.74) is 4.02. The van der Waals surface area contributed by atoms with Crippen LogP contribution in [-0.4, -0.2) is 29.1 Å². The van der Waals surface area contributed by atoms with E-state index >= 15 is 0 Å². The van der Waals surface area contributed by atoms with Crippen LogP contribution in [-0.2, 0) is 13.0 Å². The Bertz CT molecular complexity index is 1120. The molecule has 30 heavy (non-hydrogen) atoms. The number of hydrogen-bond acceptors (Lipinski definition) is 3. The molecule has 0 aliphatic carbocycles. The number of nitrogens with zero attached hydrogens (tertiary/aromatic N) is 2. The molecule has 0 aliphatic heterocycles. The molecule has 4 aromatic rings. The zero-order valence-corrected chi connectivity index (χ0v) is 17.0. The smallest absolute Gasteiger partial charge is 0.251 e. The summed E-state index contributed by atoms with van der Waals surface area (Å²) < 4.78 is 7.41. The zero-order chi connectivity index (χ0) is 20.8. The minimum Gasteiger partial charge on any atom is -0.497 e. The number of carbonyl (C=O) groups is 1. The number of hydrogen-bond donors (Lipinski definition) is 1. The van der Waals surface area contributed by atoms with Crippen molar-refractivity contribution < 1.29 is 9.53 Å². The molecule has 1 N–H and O–H groups in total. The number of methoxy groups -OCH3 is 1. The molecule has 3 aromatic carbocycles. The van der Waals surface area contributed by atoms with Gasteiger partial charge in [0, 0.05) is 25.1 Å². The lowest BCUT2D eigenvalue weighted by Crippen LogP contribution is -2.25. The average Bonchev–Trinajstić information content (AvgIpc) is 3.14. The Labute approximate surface area is 176 Å². The van der Waals surface area contributed by atoms with Crippen molar-refractivity contribution in [2.24, 2.45) is 0 Å². The largest absolute Gasteiger partial charge is 0.497 e. The van der Waals surface area contributed by atoms with E-state index in [0.29, 0.717) is 12.1 Å². The second kappa shape index (κ2) is 9.27. The van der Waals surface area contributed by atoms with Crippen molar-refractivity contribution in [2.75, 3.05) is 13.7 Å². The number of amides is 1. The molecule has 0 aliphatic rings. The highest BCUT2D eigenvalue weighted by atomic mass is 16.5. The van der Waals surface area contributed by atoms with Gasteiger partial charge >= 0.3 is 0 Å². The highest BCUT2D eigenvalue weighted by Crippen LogP contribution is 2.19. The van der Waals surface area contributed by atoms with Crippen molar-refractivity contribution in [1.82, 2.24) is 14.9 Å². The summed E-state index contributed by atoms with van der Waals surface area (Å²) >= 11 is 0. The third kappa shape index (κ3) is 4.51. The molecule has 5 nitrogen and oxygen atoms in total. The normalized spacial score (nSPS) is 10.8. The van der Waals surface area contributed by atoms with Crippen LogP contribution in [0.2, 0.25) is 0 Å². The van der Waals surface area contributed by atoms with Gasteiger partial charge in [-0.3, -0.25) is 4.79 Å². The second-order valence-electron chi connectivity index (χ2n) is 7.18. The van der Waals surface area contributed by atoms with Crippen molar-refractivity contribution in [3.63, 3.8) is 0 Å². The summed E-state index contributed by atoms with van der Waals surface area (Å²) in [5.74, 6) is 1.71. The summed E-state index contributed by atoms with van der Waals surface area (Å²) in [6.45, 7) is 1.38. The van der Waals surface area contributed by atoms with E-state index < -0.39 is 0 Å². The maximum Gasteiger partial charge on any atom is 0.251 e. The molecule has 0 saturated heterocycles. The summed E-state index contributed by atoms with van der Waals surface area (Å²) in [6, 6.07) is 25.8. The van der Waals surface area contributed by atoms with Crippen LogP contribution >= 0.6 is 0 Å². The van der Waals surface area contributed by atoms with Crippen LogP contribution < -0.4 is 10.1 Å². The van der Waals surface area contributed by atoms with E-state index in [1.54, 1.807) is 31.4 Å². The first kappa shape index (κ1) is 19.7. The summed E-state index contributed by atoms with van der Waals surface area (Å²) in [6.07, 6.45) is 1.62. The third-order valence-electron chi connectivity index (χ3n) is 5.13. The minimum absolute atomic E-state index is 0.0737. The molecule has 0 spiro atoms. The van der Waals surface area contributed by atoms with Crippen LogP contribution in [0.1, 0.15) is 28.2 Å². The van der Waals surface area contributed by atoms with Gasteiger partial charge in [0.15, 0.2) is 0 Å². The number of para-hydroxylation sites is 2. The molecular formula is C25H25N3O2. The number of rotatable bonds is 8. The van der Waals surface area contributed by atoms with E-state index in [1.165, 1.54) is 5.56 Å². The summed E-state index contributed by atoms with van der Waals surface area (Å²) in [5, 5.41) is 2.99. The Morgan fingerprint density at radius 3 is 2.47 bits per heavy atom. The molecule has 0 atom stereocenters. The highest BCUT2D eigenvalue weighted by Gasteiger charge is 2.11. The number of aromatic nitrogens is 2. The predicted octanol–water partition coefficient (Wildman–Crippen LogP) is 4.46. The van der Waals surface area contributed by atoms with E-state index in [9.17, 15) is 4.79 Å². The van der Waals surface area contributed by atoms with Gasteiger partial charge in [-0.1, -0.05) is 42.5 Å². The van der Waals surface area contributed by atoms with Gasteiger partial charge in [0.1, 0.15) is 11.6 Å². The molecule has 152 valence electrons. The van der Waals surface area contributed by atoms with Crippen LogP contribution in [0.15, 0.2) is 78.9 Å². The van der Waals surface area contributed by atoms with Crippen molar-refractivity contribution in [3.8, 4) is 5.75 Å². The molecule has 0 bridgehead atoms. The Morgan fingerprint density at radius 1 is 0.967 bits per heavy atom. The van der Waals surface area contributed by atoms with Gasteiger partial charge in [0.2, 0.25) is 0 Å². The van der Waals surface area contributed by atoms with E-state index in [1.807, 2.05) is 24.3 Å². The average molecular weight is 399 g/mol. The number of imidazole rings is 1. The first-order valence-corrected chi connectivity index (χ1v) is 10.1. The summed E-state index contributed by atoms with van der Waals surface area (Å²) in [7, 11) is 1.61. The minimum atomic E-state index is -0.0737. The predicted molar refractivity (Wildman–Crippen MR) is 119 cm³/mol. The van der Waals surface area contributed by atoms with E-state index in [0.717, 1.165) is 42.0 Å². The van der Waals surface area contributed by atoms with Crippen LogP contribution in [0, 0.1) is 0 Å². The van der Waals surface area contributed by atoms with Crippen LogP contribution in [0.25, 0.3) is 11.0 Å². The van der Waals surface area contributed by atoms with Crippen LogP contribution in [0.3, 0.4) is 0 Å². The molecule has 1 amide bonds.